The molecule has 2 fully saturated rings. The van der Waals surface area contributed by atoms with E-state index < -0.39 is 42.7 Å². The van der Waals surface area contributed by atoms with Gasteiger partial charge in [0.15, 0.2) is 6.29 Å². The third-order valence-electron chi connectivity index (χ3n) is 6.43. The van der Waals surface area contributed by atoms with Gasteiger partial charge in [0.25, 0.3) is 6.47 Å². The summed E-state index contributed by atoms with van der Waals surface area (Å²) in [7, 11) is 1.00. The maximum atomic E-state index is 11.1. The van der Waals surface area contributed by atoms with Gasteiger partial charge in [-0.15, -0.1) is 0 Å². The molecule has 2 heterocycles. The topological polar surface area (TPSA) is 279 Å². The van der Waals surface area contributed by atoms with Gasteiger partial charge in [-0.1, -0.05) is 37.9 Å². The monoisotopic (exact) mass is 658 g/mol. The smallest absolute Gasteiger partial charge is 1.00 e. The average Bonchev–Trinajstić information content (AvgIpc) is 2.93. The fraction of sp³-hybridized carbons (Fsp3) is 0.864. The van der Waals surface area contributed by atoms with E-state index in [2.05, 4.69) is 24.9 Å². The van der Waals surface area contributed by atoms with Gasteiger partial charge in [-0.2, -0.15) is 0 Å². The predicted molar refractivity (Wildman–Crippen MR) is 134 cm³/mol. The van der Waals surface area contributed by atoms with E-state index in [1.807, 2.05) is 27.7 Å². The normalized spacial score (nSPS) is 30.6. The molecule has 0 aromatic carbocycles. The molecule has 0 amide bonds. The van der Waals surface area contributed by atoms with Crippen LogP contribution in [0.15, 0.2) is 10.2 Å². The van der Waals surface area contributed by atoms with Crippen LogP contribution in [-0.2, 0) is 38.2 Å². The Morgan fingerprint density at radius 1 is 0.929 bits per heavy atom. The standard InChI is InChI=1S/C12H19N3O5.C8H15N3O3.CH2O3.CH4O.2K.H/c1-6-7(2)11(14-15-13)12(19-9(4)17)20-10(6)5-18-8(3)16;1-4-5(2)7(10-11-9)8(13)14-6(4)3-12;2-1-4-3;1-2;;;/h6-7,10-12H,5H2,1-4H3;4-8,12-13H,3H2,1-2H3;1,3H;2H,1H3;;;/q;;;;2*+1;-1/p-1/t6-,7-,10?,11?,12?;4-,5-,6?,7?,8?;;;;;/m00...../s1. The van der Waals surface area contributed by atoms with E-state index in [9.17, 15) is 14.7 Å². The zero-order valence-corrected chi connectivity index (χ0v) is 31.7. The molecule has 2 rings (SSSR count). The van der Waals surface area contributed by atoms with Gasteiger partial charge in [0, 0.05) is 30.8 Å². The van der Waals surface area contributed by atoms with E-state index in [-0.39, 0.29) is 154 Å². The Morgan fingerprint density at radius 3 is 1.79 bits per heavy atom. The molecule has 6 unspecified atom stereocenters. The molecule has 20 heteroatoms. The van der Waals surface area contributed by atoms with Crippen LogP contribution < -0.4 is 108 Å². The van der Waals surface area contributed by atoms with E-state index in [0.29, 0.717) is 0 Å². The molecule has 42 heavy (non-hydrogen) atoms. The molecular weight excluding hydrogens is 618 g/mol. The van der Waals surface area contributed by atoms with Crippen molar-refractivity contribution >= 4 is 18.4 Å². The van der Waals surface area contributed by atoms with Crippen LogP contribution in [0, 0.1) is 23.7 Å². The van der Waals surface area contributed by atoms with Crippen LogP contribution in [0.2, 0.25) is 0 Å². The Morgan fingerprint density at radius 2 is 1.38 bits per heavy atom. The summed E-state index contributed by atoms with van der Waals surface area (Å²) in [6.07, 6.45) is -2.88. The molecule has 0 aromatic heterocycles. The fourth-order valence-electron chi connectivity index (χ4n) is 3.87. The van der Waals surface area contributed by atoms with Gasteiger partial charge in [-0.3, -0.25) is 14.4 Å². The number of carbonyl (C=O) groups excluding carboxylic acids is 3. The minimum Gasteiger partial charge on any atom is -1.00 e. The van der Waals surface area contributed by atoms with Crippen molar-refractivity contribution in [2.75, 3.05) is 20.3 Å². The van der Waals surface area contributed by atoms with Gasteiger partial charge in [0.2, 0.25) is 6.29 Å². The van der Waals surface area contributed by atoms with Crippen molar-refractivity contribution in [2.45, 2.75) is 78.4 Å². The van der Waals surface area contributed by atoms with Crippen LogP contribution in [0.4, 0.5) is 0 Å². The maximum Gasteiger partial charge on any atom is 1.00 e. The number of carbonyl (C=O) groups is 3. The number of nitrogens with zero attached hydrogens (tertiary/aromatic N) is 6. The molecular formula is C22H40K2N6O12. The second-order valence-corrected chi connectivity index (χ2v) is 8.72. The first-order valence-corrected chi connectivity index (χ1v) is 12.1. The molecule has 2 aliphatic rings. The summed E-state index contributed by atoms with van der Waals surface area (Å²) < 4.78 is 20.7. The summed E-state index contributed by atoms with van der Waals surface area (Å²) in [5.74, 6) is -0.984. The number of aliphatic hydroxyl groups is 3. The summed E-state index contributed by atoms with van der Waals surface area (Å²) in [5, 5.41) is 41.0. The first kappa shape index (κ1) is 49.0. The summed E-state index contributed by atoms with van der Waals surface area (Å²) in [4.78, 5) is 38.7. The second kappa shape index (κ2) is 28.5. The van der Waals surface area contributed by atoms with Gasteiger partial charge < -0.3 is 45.8 Å². The molecule has 10 atom stereocenters. The molecule has 232 valence electrons. The number of rotatable bonds is 7. The molecule has 2 saturated heterocycles. The van der Waals surface area contributed by atoms with Crippen LogP contribution in [0.5, 0.6) is 0 Å². The Bertz CT molecular complexity index is 873. The van der Waals surface area contributed by atoms with Gasteiger partial charge in [-0.05, 0) is 34.7 Å². The zero-order chi connectivity index (χ0) is 31.4. The Kier molecular flexibility index (Phi) is 33.3. The van der Waals surface area contributed by atoms with Crippen molar-refractivity contribution in [1.29, 1.82) is 0 Å². The average molecular weight is 659 g/mol. The van der Waals surface area contributed by atoms with Gasteiger partial charge in [0.05, 0.1) is 24.9 Å². The van der Waals surface area contributed by atoms with Gasteiger partial charge >= 0.3 is 115 Å². The molecule has 0 bridgehead atoms. The van der Waals surface area contributed by atoms with Crippen molar-refractivity contribution in [3.63, 3.8) is 0 Å². The largest absolute Gasteiger partial charge is 1.00 e. The molecule has 0 aliphatic carbocycles. The third kappa shape index (κ3) is 18.1. The molecule has 0 saturated carbocycles. The fourth-order valence-corrected chi connectivity index (χ4v) is 3.87. The number of azide groups is 2. The van der Waals surface area contributed by atoms with E-state index in [0.717, 1.165) is 7.11 Å². The molecule has 2 aliphatic heterocycles. The van der Waals surface area contributed by atoms with Crippen molar-refractivity contribution < 1.29 is 163 Å². The summed E-state index contributed by atoms with van der Waals surface area (Å²) in [5.41, 5.74) is 16.9. The quantitative estimate of drug-likeness (QED) is 0.0338. The minimum absolute atomic E-state index is 0. The van der Waals surface area contributed by atoms with E-state index in [1.165, 1.54) is 13.8 Å². The van der Waals surface area contributed by atoms with Gasteiger partial charge in [-0.25, -0.2) is 0 Å². The molecule has 0 aromatic rings. The van der Waals surface area contributed by atoms with Crippen LogP contribution >= 0.6 is 0 Å². The minimum atomic E-state index is -1.12. The van der Waals surface area contributed by atoms with Crippen LogP contribution in [0.3, 0.4) is 0 Å². The van der Waals surface area contributed by atoms with Crippen molar-refractivity contribution in [2.24, 2.45) is 33.9 Å². The number of aliphatic hydroxyl groups excluding tert-OH is 3. The first-order chi connectivity index (χ1) is 18.9. The summed E-state index contributed by atoms with van der Waals surface area (Å²) in [6.45, 7) is 9.87. The van der Waals surface area contributed by atoms with Crippen molar-refractivity contribution in [3.8, 4) is 0 Å². The van der Waals surface area contributed by atoms with Crippen LogP contribution in [0.25, 0.3) is 20.9 Å². The van der Waals surface area contributed by atoms with Crippen molar-refractivity contribution in [1.82, 2.24) is 0 Å². The van der Waals surface area contributed by atoms with Gasteiger partial charge in [0.1, 0.15) is 12.6 Å². The molecule has 0 spiro atoms. The Hall–Kier alpha value is 0.0627. The molecule has 0 radical (unpaired) electrons. The molecule has 3 N–H and O–H groups in total. The number of esters is 2. The predicted octanol–water partition coefficient (Wildman–Crippen LogP) is -5.40. The zero-order valence-electron chi connectivity index (χ0n) is 26.5. The third-order valence-corrected chi connectivity index (χ3v) is 6.43. The second-order valence-electron chi connectivity index (χ2n) is 8.72. The SMILES string of the molecule is CC(=O)OCC1OC(OC(C)=O)C(N=[N+]=[N-])[C@@H](C)[C@@H]1C.CO.C[C@@H]1C(CO)OC(O)C(N=[N+]=[N-])[C@H]1C.O=CO[O-].[H-].[K+].[K+]. The number of hydrogen-bond acceptors (Lipinski definition) is 14. The van der Waals surface area contributed by atoms with Crippen LogP contribution in [0.1, 0.15) is 43.0 Å². The van der Waals surface area contributed by atoms with Crippen molar-refractivity contribution in [3.05, 3.63) is 20.9 Å². The number of hydrogen-bond donors (Lipinski definition) is 3. The Labute approximate surface area is 330 Å². The molecule has 18 nitrogen and oxygen atoms in total. The summed E-state index contributed by atoms with van der Waals surface area (Å²) >= 11 is 0. The van der Waals surface area contributed by atoms with Crippen LogP contribution in [-0.4, -0.2) is 90.9 Å². The summed E-state index contributed by atoms with van der Waals surface area (Å²) in [6, 6.07) is -1.18. The van der Waals surface area contributed by atoms with E-state index >= 15 is 0 Å². The first-order valence-electron chi connectivity index (χ1n) is 12.1. The van der Waals surface area contributed by atoms with E-state index in [1.54, 1.807) is 0 Å². The Balaban J connectivity index is -0.000000184. The number of ether oxygens (including phenoxy) is 4. The maximum absolute atomic E-state index is 11.1. The van der Waals surface area contributed by atoms with E-state index in [4.69, 9.17) is 50.3 Å².